The van der Waals surface area contributed by atoms with Crippen molar-refractivity contribution >= 4 is 0 Å². The van der Waals surface area contributed by atoms with Crippen LogP contribution in [0.3, 0.4) is 0 Å². The van der Waals surface area contributed by atoms with Crippen molar-refractivity contribution in [3.8, 4) is 0 Å². The van der Waals surface area contributed by atoms with E-state index in [-0.39, 0.29) is 0 Å². The summed E-state index contributed by atoms with van der Waals surface area (Å²) < 4.78 is 5.56. The molecule has 0 saturated heterocycles. The van der Waals surface area contributed by atoms with Gasteiger partial charge in [0.2, 0.25) is 0 Å². The second kappa shape index (κ2) is 5.37. The lowest BCUT2D eigenvalue weighted by molar-refractivity contribution is 0.0559. The predicted octanol–water partition coefficient (Wildman–Crippen LogP) is 1.26. The van der Waals surface area contributed by atoms with Crippen LogP contribution in [0.5, 0.6) is 0 Å². The molecule has 88 valence electrons. The Morgan fingerprint density at radius 2 is 2.38 bits per heavy atom. The summed E-state index contributed by atoms with van der Waals surface area (Å²) in [6, 6.07) is 0. The van der Waals surface area contributed by atoms with Crippen molar-refractivity contribution in [2.24, 2.45) is 0 Å². The first-order valence-corrected chi connectivity index (χ1v) is 5.87. The van der Waals surface area contributed by atoms with Crippen molar-refractivity contribution in [3.63, 3.8) is 0 Å². The van der Waals surface area contributed by atoms with Gasteiger partial charge in [-0.15, -0.1) is 0 Å². The Hall–Kier alpha value is -1.00. The molecule has 0 bridgehead atoms. The minimum atomic E-state index is 0.319. The zero-order valence-electron chi connectivity index (χ0n) is 10.0. The van der Waals surface area contributed by atoms with Gasteiger partial charge in [-0.3, -0.25) is 4.90 Å². The maximum absolute atomic E-state index is 5.56. The molecule has 0 fully saturated rings. The van der Waals surface area contributed by atoms with Crippen LogP contribution >= 0.6 is 0 Å². The molecule has 2 heterocycles. The zero-order chi connectivity index (χ0) is 11.4. The molecular weight excluding hydrogens is 202 g/mol. The van der Waals surface area contributed by atoms with Crippen molar-refractivity contribution < 1.29 is 4.74 Å². The van der Waals surface area contributed by atoms with Gasteiger partial charge in [-0.1, -0.05) is 0 Å². The molecule has 0 N–H and O–H groups in total. The SMILES string of the molecule is CC(C)OCCN1CCc2cncnc2C1. The summed E-state index contributed by atoms with van der Waals surface area (Å²) in [5.74, 6) is 0. The topological polar surface area (TPSA) is 38.2 Å². The van der Waals surface area contributed by atoms with Gasteiger partial charge < -0.3 is 4.74 Å². The summed E-state index contributed by atoms with van der Waals surface area (Å²) in [6.45, 7) is 7.94. The highest BCUT2D eigenvalue weighted by Gasteiger charge is 2.16. The van der Waals surface area contributed by atoms with E-state index in [0.717, 1.165) is 32.7 Å². The first kappa shape index (κ1) is 11.5. The van der Waals surface area contributed by atoms with Gasteiger partial charge in [0.15, 0.2) is 0 Å². The van der Waals surface area contributed by atoms with E-state index >= 15 is 0 Å². The van der Waals surface area contributed by atoms with Gasteiger partial charge in [0.25, 0.3) is 0 Å². The monoisotopic (exact) mass is 221 g/mol. The molecular formula is C12H19N3O. The Morgan fingerprint density at radius 3 is 3.19 bits per heavy atom. The fourth-order valence-corrected chi connectivity index (χ4v) is 1.91. The lowest BCUT2D eigenvalue weighted by atomic mass is 10.1. The van der Waals surface area contributed by atoms with E-state index in [1.54, 1.807) is 6.33 Å². The summed E-state index contributed by atoms with van der Waals surface area (Å²) >= 11 is 0. The van der Waals surface area contributed by atoms with Gasteiger partial charge in [-0.2, -0.15) is 0 Å². The summed E-state index contributed by atoms with van der Waals surface area (Å²) in [4.78, 5) is 10.8. The highest BCUT2D eigenvalue weighted by molar-refractivity contribution is 5.18. The number of rotatable bonds is 4. The van der Waals surface area contributed by atoms with Gasteiger partial charge in [-0.25, -0.2) is 9.97 Å². The Kier molecular flexibility index (Phi) is 3.85. The molecule has 16 heavy (non-hydrogen) atoms. The minimum Gasteiger partial charge on any atom is -0.377 e. The van der Waals surface area contributed by atoms with Crippen molar-refractivity contribution in [1.82, 2.24) is 14.9 Å². The van der Waals surface area contributed by atoms with Crippen molar-refractivity contribution in [3.05, 3.63) is 23.8 Å². The molecule has 0 spiro atoms. The lowest BCUT2D eigenvalue weighted by Crippen LogP contribution is -2.34. The fraction of sp³-hybridized carbons (Fsp3) is 0.667. The molecule has 0 atom stereocenters. The molecule has 1 aliphatic rings. The van der Waals surface area contributed by atoms with E-state index in [0.29, 0.717) is 6.10 Å². The molecule has 1 aromatic heterocycles. The van der Waals surface area contributed by atoms with E-state index in [1.165, 1.54) is 11.3 Å². The largest absolute Gasteiger partial charge is 0.377 e. The maximum atomic E-state index is 5.56. The Balaban J connectivity index is 1.83. The van der Waals surface area contributed by atoms with Crippen LogP contribution in [0, 0.1) is 0 Å². The van der Waals surface area contributed by atoms with Crippen molar-refractivity contribution in [2.75, 3.05) is 19.7 Å². The molecule has 0 saturated carbocycles. The van der Waals surface area contributed by atoms with Crippen LogP contribution in [0.2, 0.25) is 0 Å². The third-order valence-corrected chi connectivity index (χ3v) is 2.81. The van der Waals surface area contributed by atoms with Crippen molar-refractivity contribution in [1.29, 1.82) is 0 Å². The van der Waals surface area contributed by atoms with E-state index < -0.39 is 0 Å². The normalized spacial score (nSPS) is 16.4. The van der Waals surface area contributed by atoms with Crippen molar-refractivity contribution in [2.45, 2.75) is 32.9 Å². The smallest absolute Gasteiger partial charge is 0.115 e. The average molecular weight is 221 g/mol. The number of hydrogen-bond acceptors (Lipinski definition) is 4. The van der Waals surface area contributed by atoms with Crippen LogP contribution in [0.25, 0.3) is 0 Å². The van der Waals surface area contributed by atoms with Crippen LogP contribution in [-0.2, 0) is 17.7 Å². The average Bonchev–Trinajstić information content (AvgIpc) is 2.28. The van der Waals surface area contributed by atoms with E-state index in [9.17, 15) is 0 Å². The van der Waals surface area contributed by atoms with Crippen LogP contribution in [-0.4, -0.2) is 40.7 Å². The van der Waals surface area contributed by atoms with Crippen LogP contribution in [0.1, 0.15) is 25.1 Å². The van der Waals surface area contributed by atoms with Gasteiger partial charge in [0.05, 0.1) is 18.4 Å². The molecule has 0 unspecified atom stereocenters. The lowest BCUT2D eigenvalue weighted by Gasteiger charge is -2.27. The first-order valence-electron chi connectivity index (χ1n) is 5.87. The summed E-state index contributed by atoms with van der Waals surface area (Å²) in [6.07, 6.45) is 4.94. The Morgan fingerprint density at radius 1 is 1.50 bits per heavy atom. The summed E-state index contributed by atoms with van der Waals surface area (Å²) in [5, 5.41) is 0. The molecule has 1 aromatic rings. The first-order chi connectivity index (χ1) is 7.75. The Bertz CT molecular complexity index is 341. The van der Waals surface area contributed by atoms with E-state index in [1.807, 2.05) is 6.20 Å². The second-order valence-electron chi connectivity index (χ2n) is 4.44. The van der Waals surface area contributed by atoms with E-state index in [2.05, 4.69) is 28.7 Å². The molecule has 4 heteroatoms. The minimum absolute atomic E-state index is 0.319. The number of aromatic nitrogens is 2. The molecule has 1 aliphatic heterocycles. The molecule has 2 rings (SSSR count). The summed E-state index contributed by atoms with van der Waals surface area (Å²) in [7, 11) is 0. The maximum Gasteiger partial charge on any atom is 0.115 e. The standard InChI is InChI=1S/C12H19N3O/c1-10(2)16-6-5-15-4-3-11-7-13-9-14-12(11)8-15/h7,9-10H,3-6,8H2,1-2H3. The van der Waals surface area contributed by atoms with Crippen LogP contribution in [0.15, 0.2) is 12.5 Å². The highest BCUT2D eigenvalue weighted by atomic mass is 16.5. The zero-order valence-corrected chi connectivity index (χ0v) is 10.0. The van der Waals surface area contributed by atoms with Gasteiger partial charge in [0.1, 0.15) is 6.33 Å². The Labute approximate surface area is 96.7 Å². The quantitative estimate of drug-likeness (QED) is 0.767. The molecule has 0 amide bonds. The molecule has 0 radical (unpaired) electrons. The number of ether oxygens (including phenoxy) is 1. The van der Waals surface area contributed by atoms with Gasteiger partial charge in [-0.05, 0) is 25.8 Å². The number of fused-ring (bicyclic) bond motifs is 1. The third kappa shape index (κ3) is 3.00. The molecule has 0 aliphatic carbocycles. The van der Waals surface area contributed by atoms with Crippen LogP contribution in [0.4, 0.5) is 0 Å². The van der Waals surface area contributed by atoms with Crippen LogP contribution < -0.4 is 0 Å². The molecule has 4 nitrogen and oxygen atoms in total. The van der Waals surface area contributed by atoms with Gasteiger partial charge in [0, 0.05) is 25.8 Å². The van der Waals surface area contributed by atoms with E-state index in [4.69, 9.17) is 4.74 Å². The third-order valence-electron chi connectivity index (χ3n) is 2.81. The fourth-order valence-electron chi connectivity index (χ4n) is 1.91. The molecule has 0 aromatic carbocycles. The van der Waals surface area contributed by atoms with Gasteiger partial charge >= 0.3 is 0 Å². The number of hydrogen-bond donors (Lipinski definition) is 0. The predicted molar refractivity (Wildman–Crippen MR) is 62.1 cm³/mol. The second-order valence-corrected chi connectivity index (χ2v) is 4.44. The number of nitrogens with zero attached hydrogens (tertiary/aromatic N) is 3. The summed E-state index contributed by atoms with van der Waals surface area (Å²) in [5.41, 5.74) is 2.47. The highest BCUT2D eigenvalue weighted by Crippen LogP contribution is 2.14.